The number of ketones is 2. The predicted molar refractivity (Wildman–Crippen MR) is 154 cm³/mol. The fourth-order valence-corrected chi connectivity index (χ4v) is 7.80. The number of aromatic hydroxyl groups is 1. The van der Waals surface area contributed by atoms with Gasteiger partial charge in [0, 0.05) is 12.3 Å². The molecule has 14 heteroatoms. The molecule has 3 aliphatic rings. The van der Waals surface area contributed by atoms with Crippen LogP contribution in [0.5, 0.6) is 11.5 Å². The molecule has 0 radical (unpaired) electrons. The lowest BCUT2D eigenvalue weighted by atomic mass is 9.59. The van der Waals surface area contributed by atoms with Crippen LogP contribution in [0.1, 0.15) is 23.9 Å². The van der Waals surface area contributed by atoms with Gasteiger partial charge >= 0.3 is 11.4 Å². The number of nitrogens with zero attached hydrogens (tertiary/aromatic N) is 3. The van der Waals surface area contributed by atoms with Crippen molar-refractivity contribution in [1.82, 2.24) is 13.9 Å². The molecule has 1 fully saturated rings. The van der Waals surface area contributed by atoms with E-state index in [9.17, 15) is 24.3 Å². The zero-order valence-corrected chi connectivity index (χ0v) is 24.7. The van der Waals surface area contributed by atoms with Gasteiger partial charge in [0.2, 0.25) is 0 Å². The number of Topliss-reactive ketones (excluding diaryl/α,β-unsaturated/α-hetero) is 2. The molecule has 0 bridgehead atoms. The number of hydrogen-bond acceptors (Lipinski definition) is 6. The number of carbonyl (C=O) groups excluding carboxylic acids is 2. The van der Waals surface area contributed by atoms with Crippen molar-refractivity contribution < 1.29 is 19.4 Å². The number of carbonyl (C=O) groups is 2. The van der Waals surface area contributed by atoms with E-state index in [-0.39, 0.29) is 35.1 Å². The van der Waals surface area contributed by atoms with Gasteiger partial charge in [0.05, 0.1) is 30.4 Å². The number of fused-ring (bicyclic) bond motifs is 4. The first kappa shape index (κ1) is 28.2. The molecular weight excluding hydrogens is 640 g/mol. The van der Waals surface area contributed by atoms with Crippen molar-refractivity contribution in [3.8, 4) is 17.2 Å². The lowest BCUT2D eigenvalue weighted by Gasteiger charge is -2.54. The van der Waals surface area contributed by atoms with Crippen LogP contribution in [0.25, 0.3) is 5.69 Å². The highest BCUT2D eigenvalue weighted by atomic mass is 35.5. The number of para-hydroxylation sites is 1. The van der Waals surface area contributed by atoms with Crippen LogP contribution in [0, 0.1) is 0 Å². The molecule has 1 aromatic heterocycles. The van der Waals surface area contributed by atoms with E-state index in [0.29, 0.717) is 11.3 Å². The van der Waals surface area contributed by atoms with Crippen molar-refractivity contribution in [3.63, 3.8) is 0 Å². The maximum Gasteiger partial charge on any atom is 0.352 e. The van der Waals surface area contributed by atoms with E-state index in [1.165, 1.54) is 28.6 Å². The van der Waals surface area contributed by atoms with Crippen LogP contribution in [-0.2, 0) is 16.1 Å². The molecule has 1 N–H and O–H groups in total. The van der Waals surface area contributed by atoms with E-state index in [2.05, 4.69) is 0 Å². The van der Waals surface area contributed by atoms with Crippen molar-refractivity contribution in [1.29, 1.82) is 0 Å². The second kappa shape index (κ2) is 9.54. The van der Waals surface area contributed by atoms with Crippen LogP contribution in [0.4, 0.5) is 0 Å². The summed E-state index contributed by atoms with van der Waals surface area (Å²) in [6.07, 6.45) is 1.29. The standard InChI is InChI=1S/C27H18Cl5N3O6/c1-41-17-10-12(9-15(28)21(17)36)18-14-7-8-33-24(39)34(13-5-3-2-4-6-13)25(40)35(33)16(14)11-26(31)22(37)19(29)20(30)23(38)27(18,26)32/h2-7,9-10,16,18,36H,8,11H2,1H3. The molecule has 4 unspecified atom stereocenters. The first-order valence-corrected chi connectivity index (χ1v) is 14.1. The topological polar surface area (TPSA) is 113 Å². The summed E-state index contributed by atoms with van der Waals surface area (Å²) < 4.78 is 8.72. The van der Waals surface area contributed by atoms with Crippen LogP contribution < -0.4 is 16.1 Å². The second-order valence-electron chi connectivity index (χ2n) is 9.87. The highest BCUT2D eigenvalue weighted by Crippen LogP contribution is 2.64. The maximum atomic E-state index is 13.9. The zero-order valence-electron chi connectivity index (χ0n) is 20.9. The lowest BCUT2D eigenvalue weighted by Crippen LogP contribution is -2.67. The summed E-state index contributed by atoms with van der Waals surface area (Å²) in [5, 5.41) is 9.10. The molecule has 41 heavy (non-hydrogen) atoms. The number of hydrogen-bond donors (Lipinski definition) is 1. The van der Waals surface area contributed by atoms with Gasteiger partial charge < -0.3 is 9.84 Å². The number of methoxy groups -OCH3 is 1. The third kappa shape index (κ3) is 3.63. The molecule has 0 saturated heterocycles. The van der Waals surface area contributed by atoms with E-state index < -0.39 is 54.7 Å². The Labute approximate surface area is 256 Å². The van der Waals surface area contributed by atoms with Crippen molar-refractivity contribution >= 4 is 69.6 Å². The van der Waals surface area contributed by atoms with Gasteiger partial charge in [-0.1, -0.05) is 59.1 Å². The highest BCUT2D eigenvalue weighted by molar-refractivity contribution is 6.66. The van der Waals surface area contributed by atoms with E-state index >= 15 is 0 Å². The van der Waals surface area contributed by atoms with E-state index in [4.69, 9.17) is 62.7 Å². The van der Waals surface area contributed by atoms with Crippen LogP contribution >= 0.6 is 58.0 Å². The SMILES string of the molecule is COc1cc(C2C3=CCn4c(=O)n(-c5ccccc5)c(=O)n4C3CC3(Cl)C(=O)C(Cl)=C(Cl)C(=O)C23Cl)cc(Cl)c1O. The van der Waals surface area contributed by atoms with Crippen LogP contribution in [-0.4, -0.2) is 47.5 Å². The number of allylic oxidation sites excluding steroid dienone is 4. The largest absolute Gasteiger partial charge is 0.503 e. The quantitative estimate of drug-likeness (QED) is 0.325. The Morgan fingerprint density at radius 1 is 0.951 bits per heavy atom. The Balaban J connectivity index is 1.66. The van der Waals surface area contributed by atoms with Crippen molar-refractivity contribution in [2.75, 3.05) is 7.11 Å². The van der Waals surface area contributed by atoms with Gasteiger partial charge in [-0.3, -0.25) is 9.59 Å². The number of alkyl halides is 2. The van der Waals surface area contributed by atoms with E-state index in [0.717, 1.165) is 4.57 Å². The zero-order chi connectivity index (χ0) is 29.6. The Hall–Kier alpha value is -2.95. The van der Waals surface area contributed by atoms with Gasteiger partial charge in [-0.2, -0.15) is 0 Å². The molecule has 1 saturated carbocycles. The monoisotopic (exact) mass is 655 g/mol. The number of halogens is 5. The molecule has 0 amide bonds. The van der Waals surface area contributed by atoms with Crippen molar-refractivity contribution in [2.24, 2.45) is 0 Å². The molecule has 6 rings (SSSR count). The molecule has 1 aliphatic heterocycles. The first-order chi connectivity index (χ1) is 19.4. The number of phenols is 1. The van der Waals surface area contributed by atoms with Gasteiger partial charge in [-0.15, -0.1) is 23.2 Å². The Morgan fingerprint density at radius 3 is 2.27 bits per heavy atom. The third-order valence-corrected chi connectivity index (χ3v) is 10.5. The highest BCUT2D eigenvalue weighted by Gasteiger charge is 2.71. The van der Waals surface area contributed by atoms with Crippen LogP contribution in [0.3, 0.4) is 0 Å². The molecule has 2 heterocycles. The fourth-order valence-electron chi connectivity index (χ4n) is 6.06. The minimum Gasteiger partial charge on any atom is -0.503 e. The number of aromatic nitrogens is 3. The summed E-state index contributed by atoms with van der Waals surface area (Å²) in [7, 11) is 1.31. The van der Waals surface area contributed by atoms with Gasteiger partial charge in [0.15, 0.2) is 23.1 Å². The second-order valence-corrected chi connectivity index (χ2v) is 12.3. The summed E-state index contributed by atoms with van der Waals surface area (Å²) in [6, 6.07) is 10.1. The lowest BCUT2D eigenvalue weighted by molar-refractivity contribution is -0.128. The number of rotatable bonds is 3. The molecule has 212 valence electrons. The fraction of sp³-hybridized carbons (Fsp3) is 0.259. The average molecular weight is 658 g/mol. The Bertz CT molecular complexity index is 1860. The van der Waals surface area contributed by atoms with Crippen molar-refractivity contribution in [2.45, 2.75) is 34.7 Å². The maximum absolute atomic E-state index is 13.9. The van der Waals surface area contributed by atoms with Crippen LogP contribution in [0.2, 0.25) is 5.02 Å². The molecular formula is C27H18Cl5N3O6. The van der Waals surface area contributed by atoms with Gasteiger partial charge in [0.25, 0.3) is 0 Å². The molecule has 9 nitrogen and oxygen atoms in total. The summed E-state index contributed by atoms with van der Waals surface area (Å²) in [6.45, 7) is -0.0616. The summed E-state index contributed by atoms with van der Waals surface area (Å²) in [5.41, 5.74) is -0.296. The smallest absolute Gasteiger partial charge is 0.352 e. The molecule has 2 aromatic carbocycles. The molecule has 3 aromatic rings. The minimum atomic E-state index is -2.23. The average Bonchev–Trinajstić information content (AvgIpc) is 3.22. The molecule has 0 spiro atoms. The minimum absolute atomic E-state index is 0.0370. The predicted octanol–water partition coefficient (Wildman–Crippen LogP) is 4.63. The first-order valence-electron chi connectivity index (χ1n) is 12.2. The van der Waals surface area contributed by atoms with E-state index in [1.54, 1.807) is 36.4 Å². The van der Waals surface area contributed by atoms with E-state index in [1.807, 2.05) is 0 Å². The van der Waals surface area contributed by atoms with Gasteiger partial charge in [-0.05, 0) is 35.4 Å². The summed E-state index contributed by atoms with van der Waals surface area (Å²) in [5.74, 6) is -3.43. The molecule has 4 atom stereocenters. The number of benzene rings is 2. The third-order valence-electron chi connectivity index (χ3n) is 7.92. The number of phenolic OH excluding ortho intramolecular Hbond substituents is 1. The summed E-state index contributed by atoms with van der Waals surface area (Å²) >= 11 is 33.1. The van der Waals surface area contributed by atoms with Crippen LogP contribution in [0.15, 0.2) is 73.8 Å². The van der Waals surface area contributed by atoms with Gasteiger partial charge in [0.1, 0.15) is 19.8 Å². The summed E-state index contributed by atoms with van der Waals surface area (Å²) in [4.78, 5) is 50.4. The normalized spacial score (nSPS) is 27.2. The Morgan fingerprint density at radius 2 is 1.61 bits per heavy atom. The molecule has 2 aliphatic carbocycles. The number of ether oxygens (including phenoxy) is 1. The van der Waals surface area contributed by atoms with Crippen molar-refractivity contribution in [3.05, 3.63) is 95.7 Å². The van der Waals surface area contributed by atoms with Gasteiger partial charge in [-0.25, -0.2) is 23.5 Å². The Kier molecular flexibility index (Phi) is 6.56.